The number of aliphatic hydroxyl groups excluding tert-OH is 1. The van der Waals surface area contributed by atoms with Gasteiger partial charge in [0.1, 0.15) is 5.15 Å². The average Bonchev–Trinajstić information content (AvgIpc) is 2.90. The van der Waals surface area contributed by atoms with Crippen LogP contribution in [0.2, 0.25) is 5.15 Å². The van der Waals surface area contributed by atoms with Crippen molar-refractivity contribution in [2.75, 3.05) is 13.2 Å². The van der Waals surface area contributed by atoms with Crippen molar-refractivity contribution in [2.24, 2.45) is 0 Å². The predicted molar refractivity (Wildman–Crippen MR) is 69.6 cm³/mol. The largest absolute Gasteiger partial charge is 0.395 e. The van der Waals surface area contributed by atoms with Gasteiger partial charge in [-0.2, -0.15) is 0 Å². The molecule has 0 radical (unpaired) electrons. The molecule has 98 valence electrons. The zero-order chi connectivity index (χ0) is 13.0. The van der Waals surface area contributed by atoms with Crippen LogP contribution in [-0.4, -0.2) is 40.1 Å². The first-order valence-corrected chi connectivity index (χ1v) is 6.63. The average molecular weight is 269 g/mol. The molecule has 0 spiro atoms. The second kappa shape index (κ2) is 6.16. The lowest BCUT2D eigenvalue weighted by Gasteiger charge is -2.28. The number of pyridine rings is 1. The fraction of sp³-hybridized carbons (Fsp3) is 0.538. The molecule has 0 aliphatic heterocycles. The first kappa shape index (κ1) is 13.3. The second-order valence-corrected chi connectivity index (χ2v) is 4.92. The normalized spacial score (nSPS) is 15.9. The van der Waals surface area contributed by atoms with Crippen molar-refractivity contribution < 1.29 is 9.90 Å². The van der Waals surface area contributed by atoms with Gasteiger partial charge in [-0.1, -0.05) is 24.4 Å². The van der Waals surface area contributed by atoms with Gasteiger partial charge in [-0.15, -0.1) is 0 Å². The number of carbonyl (C=O) groups excluding carboxylic acids is 1. The minimum atomic E-state index is -0.0693. The molecule has 0 saturated heterocycles. The summed E-state index contributed by atoms with van der Waals surface area (Å²) in [6.07, 6.45) is 5.83. The van der Waals surface area contributed by atoms with E-state index in [0.717, 1.165) is 25.7 Å². The van der Waals surface area contributed by atoms with Crippen molar-refractivity contribution in [1.82, 2.24) is 9.88 Å². The smallest absolute Gasteiger partial charge is 0.255 e. The maximum absolute atomic E-state index is 12.4. The van der Waals surface area contributed by atoms with E-state index in [1.54, 1.807) is 17.0 Å². The first-order valence-electron chi connectivity index (χ1n) is 6.26. The maximum atomic E-state index is 12.4. The Morgan fingerprint density at radius 3 is 2.72 bits per heavy atom. The number of hydrogen-bond acceptors (Lipinski definition) is 3. The Balaban J connectivity index is 2.14. The Hall–Kier alpha value is -1.13. The van der Waals surface area contributed by atoms with Crippen LogP contribution in [0, 0.1) is 0 Å². The number of halogens is 1. The van der Waals surface area contributed by atoms with Gasteiger partial charge in [0.05, 0.1) is 12.2 Å². The lowest BCUT2D eigenvalue weighted by Crippen LogP contribution is -2.40. The molecule has 1 N–H and O–H groups in total. The molecule has 1 aliphatic rings. The molecule has 2 rings (SSSR count). The molecule has 0 unspecified atom stereocenters. The van der Waals surface area contributed by atoms with Gasteiger partial charge in [0.2, 0.25) is 0 Å². The Morgan fingerprint density at radius 1 is 1.44 bits per heavy atom. The van der Waals surface area contributed by atoms with Crippen LogP contribution < -0.4 is 0 Å². The van der Waals surface area contributed by atoms with Crippen molar-refractivity contribution in [2.45, 2.75) is 31.7 Å². The van der Waals surface area contributed by atoms with E-state index in [9.17, 15) is 4.79 Å². The van der Waals surface area contributed by atoms with Crippen molar-refractivity contribution >= 4 is 17.5 Å². The van der Waals surface area contributed by atoms with Crippen LogP contribution in [0.1, 0.15) is 36.0 Å². The van der Waals surface area contributed by atoms with Crippen LogP contribution in [-0.2, 0) is 0 Å². The van der Waals surface area contributed by atoms with Crippen LogP contribution in [0.4, 0.5) is 0 Å². The van der Waals surface area contributed by atoms with E-state index in [0.29, 0.717) is 17.3 Å². The summed E-state index contributed by atoms with van der Waals surface area (Å²) in [6.45, 7) is 0.370. The fourth-order valence-corrected chi connectivity index (χ4v) is 2.55. The third kappa shape index (κ3) is 3.00. The highest BCUT2D eigenvalue weighted by molar-refractivity contribution is 6.29. The highest BCUT2D eigenvalue weighted by Gasteiger charge is 2.27. The van der Waals surface area contributed by atoms with Crippen molar-refractivity contribution in [1.29, 1.82) is 0 Å². The molecule has 0 atom stereocenters. The lowest BCUT2D eigenvalue weighted by atomic mass is 10.1. The van der Waals surface area contributed by atoms with E-state index in [4.69, 9.17) is 16.7 Å². The van der Waals surface area contributed by atoms with E-state index in [1.807, 2.05) is 0 Å². The van der Waals surface area contributed by atoms with Gasteiger partial charge < -0.3 is 10.0 Å². The molecule has 1 aromatic heterocycles. The maximum Gasteiger partial charge on any atom is 0.255 e. The zero-order valence-corrected chi connectivity index (χ0v) is 10.9. The lowest BCUT2D eigenvalue weighted by molar-refractivity contribution is 0.0637. The molecule has 1 heterocycles. The molecule has 4 nitrogen and oxygen atoms in total. The molecule has 1 amide bonds. The fourth-order valence-electron chi connectivity index (χ4n) is 2.44. The van der Waals surface area contributed by atoms with E-state index in [-0.39, 0.29) is 18.6 Å². The minimum Gasteiger partial charge on any atom is -0.395 e. The van der Waals surface area contributed by atoms with Crippen molar-refractivity contribution in [3.63, 3.8) is 0 Å². The summed E-state index contributed by atoms with van der Waals surface area (Å²) < 4.78 is 0. The zero-order valence-electron chi connectivity index (χ0n) is 10.2. The molecule has 1 saturated carbocycles. The second-order valence-electron chi connectivity index (χ2n) is 4.53. The third-order valence-electron chi connectivity index (χ3n) is 3.34. The molecule has 0 aromatic carbocycles. The summed E-state index contributed by atoms with van der Waals surface area (Å²) in [4.78, 5) is 18.1. The highest BCUT2D eigenvalue weighted by atomic mass is 35.5. The molecule has 18 heavy (non-hydrogen) atoms. The van der Waals surface area contributed by atoms with E-state index < -0.39 is 0 Å². The molecule has 1 aromatic rings. The van der Waals surface area contributed by atoms with Gasteiger partial charge >= 0.3 is 0 Å². The van der Waals surface area contributed by atoms with Gasteiger partial charge in [0, 0.05) is 18.8 Å². The van der Waals surface area contributed by atoms with Crippen LogP contribution in [0.5, 0.6) is 0 Å². The first-order chi connectivity index (χ1) is 8.72. The number of hydrogen-bond donors (Lipinski definition) is 1. The highest BCUT2D eigenvalue weighted by Crippen LogP contribution is 2.24. The van der Waals surface area contributed by atoms with Gasteiger partial charge in [-0.05, 0) is 25.0 Å². The number of carbonyl (C=O) groups is 1. The molecular weight excluding hydrogens is 252 g/mol. The topological polar surface area (TPSA) is 53.4 Å². The molecule has 1 aliphatic carbocycles. The Labute approximate surface area is 112 Å². The molecule has 0 bridgehead atoms. The minimum absolute atomic E-state index is 0.0107. The number of amides is 1. The van der Waals surface area contributed by atoms with Crippen LogP contribution in [0.15, 0.2) is 18.3 Å². The SMILES string of the molecule is O=C(c1ccc(Cl)nc1)N(CCO)C1CCCC1. The summed E-state index contributed by atoms with van der Waals surface area (Å²) in [6, 6.07) is 3.54. The quantitative estimate of drug-likeness (QED) is 0.851. The van der Waals surface area contributed by atoms with Crippen LogP contribution in [0.25, 0.3) is 0 Å². The summed E-state index contributed by atoms with van der Waals surface area (Å²) in [5.74, 6) is -0.0693. The number of aliphatic hydroxyl groups is 1. The summed E-state index contributed by atoms with van der Waals surface area (Å²) in [7, 11) is 0. The molecule has 5 heteroatoms. The standard InChI is InChI=1S/C13H17ClN2O2/c14-12-6-5-10(9-15-12)13(18)16(7-8-17)11-3-1-2-4-11/h5-6,9,11,17H,1-4,7-8H2. The van der Waals surface area contributed by atoms with Gasteiger partial charge in [0.15, 0.2) is 0 Å². The summed E-state index contributed by atoms with van der Waals surface area (Å²) in [5, 5.41) is 9.48. The van der Waals surface area contributed by atoms with Crippen molar-refractivity contribution in [3.05, 3.63) is 29.0 Å². The summed E-state index contributed by atoms with van der Waals surface area (Å²) >= 11 is 5.71. The van der Waals surface area contributed by atoms with Crippen LogP contribution >= 0.6 is 11.6 Å². The third-order valence-corrected chi connectivity index (χ3v) is 3.57. The monoisotopic (exact) mass is 268 g/mol. The predicted octanol–water partition coefficient (Wildman–Crippen LogP) is 2.11. The Kier molecular flexibility index (Phi) is 4.55. The molecule has 1 fully saturated rings. The van der Waals surface area contributed by atoms with E-state index in [2.05, 4.69) is 4.98 Å². The van der Waals surface area contributed by atoms with Gasteiger partial charge in [0.25, 0.3) is 5.91 Å². The number of rotatable bonds is 4. The number of aromatic nitrogens is 1. The van der Waals surface area contributed by atoms with Gasteiger partial charge in [-0.3, -0.25) is 4.79 Å². The molecular formula is C13H17ClN2O2. The summed E-state index contributed by atoms with van der Waals surface area (Å²) in [5.41, 5.74) is 0.528. The van der Waals surface area contributed by atoms with E-state index >= 15 is 0 Å². The van der Waals surface area contributed by atoms with E-state index in [1.165, 1.54) is 6.20 Å². The Morgan fingerprint density at radius 2 is 2.17 bits per heavy atom. The Bertz CT molecular complexity index is 402. The van der Waals surface area contributed by atoms with Gasteiger partial charge in [-0.25, -0.2) is 4.98 Å². The van der Waals surface area contributed by atoms with Crippen LogP contribution in [0.3, 0.4) is 0 Å². The number of nitrogens with zero attached hydrogens (tertiary/aromatic N) is 2. The van der Waals surface area contributed by atoms with Crippen molar-refractivity contribution in [3.8, 4) is 0 Å².